The van der Waals surface area contributed by atoms with Crippen LogP contribution >= 0.6 is 0 Å². The summed E-state index contributed by atoms with van der Waals surface area (Å²) in [5.74, 6) is -2.08. The molecule has 0 aliphatic carbocycles. The molecule has 194 valence electrons. The zero-order chi connectivity index (χ0) is 25.9. The van der Waals surface area contributed by atoms with Gasteiger partial charge in [-0.15, -0.1) is 0 Å². The van der Waals surface area contributed by atoms with Crippen molar-refractivity contribution in [2.45, 2.75) is 10.3 Å². The van der Waals surface area contributed by atoms with Gasteiger partial charge in [0.05, 0.1) is 5.52 Å². The number of benzene rings is 2. The Morgan fingerprint density at radius 3 is 2.73 bits per heavy atom. The number of aromatic amines is 1. The van der Waals surface area contributed by atoms with Crippen LogP contribution in [-0.4, -0.2) is 68.1 Å². The predicted octanol–water partition coefficient (Wildman–Crippen LogP) is -0.0645. The van der Waals surface area contributed by atoms with Crippen molar-refractivity contribution in [3.8, 4) is 16.9 Å². The van der Waals surface area contributed by atoms with Crippen molar-refractivity contribution in [3.05, 3.63) is 76.2 Å². The van der Waals surface area contributed by atoms with Crippen LogP contribution in [0.4, 0.5) is 8.78 Å². The van der Waals surface area contributed by atoms with Gasteiger partial charge in [0.1, 0.15) is 0 Å². The van der Waals surface area contributed by atoms with Gasteiger partial charge in [-0.25, -0.2) is 8.78 Å². The second-order valence-corrected chi connectivity index (χ2v) is 11.4. The molecule has 2 aromatic carbocycles. The summed E-state index contributed by atoms with van der Waals surface area (Å²) in [5.41, 5.74) is 1.36. The third-order valence-electron chi connectivity index (χ3n) is 6.00. The van der Waals surface area contributed by atoms with Crippen LogP contribution in [0.25, 0.3) is 27.8 Å². The summed E-state index contributed by atoms with van der Waals surface area (Å²) in [7, 11) is 1.64. The Bertz CT molecular complexity index is 1490. The van der Waals surface area contributed by atoms with Gasteiger partial charge >= 0.3 is 157 Å². The normalized spacial score (nSPS) is 15.6. The first-order chi connectivity index (χ1) is 17.9. The third kappa shape index (κ3) is 5.55. The number of methoxy groups -OCH3 is 1. The van der Waals surface area contributed by atoms with E-state index in [1.54, 1.807) is 37.6 Å². The SMILES string of the molecule is COCCO[I-][C@H]1CCN(C(=O)c2ccc(-n3cc(-c4cc5cc(F)c(F)cc5[nH]c4=O)nn3)cc2)C1. The monoisotopic (exact) mass is 622 g/mol. The number of H-pyrrole nitrogens is 1. The molecule has 4 aromatic rings. The molecule has 1 aliphatic rings. The second kappa shape index (κ2) is 11.0. The van der Waals surface area contributed by atoms with Crippen LogP contribution in [0.15, 0.2) is 53.5 Å². The van der Waals surface area contributed by atoms with Crippen molar-refractivity contribution in [1.82, 2.24) is 24.9 Å². The summed E-state index contributed by atoms with van der Waals surface area (Å²) in [4.78, 5) is 29.9. The molecule has 12 heteroatoms. The van der Waals surface area contributed by atoms with Gasteiger partial charge in [-0.05, 0) is 12.1 Å². The summed E-state index contributed by atoms with van der Waals surface area (Å²) in [5, 5.41) is 8.49. The molecular weight excluding hydrogens is 599 g/mol. The van der Waals surface area contributed by atoms with Crippen LogP contribution in [0.1, 0.15) is 16.8 Å². The molecule has 1 atom stereocenters. The van der Waals surface area contributed by atoms with Crippen molar-refractivity contribution in [1.29, 1.82) is 0 Å². The molecule has 1 N–H and O–H groups in total. The number of nitrogens with zero attached hydrogens (tertiary/aromatic N) is 4. The third-order valence-corrected chi connectivity index (χ3v) is 8.54. The Hall–Kier alpha value is -3.23. The van der Waals surface area contributed by atoms with Crippen LogP contribution in [0.5, 0.6) is 0 Å². The number of alkyl halides is 1. The molecule has 1 fully saturated rings. The van der Waals surface area contributed by atoms with E-state index >= 15 is 0 Å². The molecule has 5 rings (SSSR count). The second-order valence-electron chi connectivity index (χ2n) is 8.49. The van der Waals surface area contributed by atoms with Crippen molar-refractivity contribution in [2.75, 3.05) is 33.4 Å². The number of aromatic nitrogens is 4. The van der Waals surface area contributed by atoms with Gasteiger partial charge in [0.2, 0.25) is 0 Å². The summed E-state index contributed by atoms with van der Waals surface area (Å²) in [6, 6.07) is 10.4. The molecule has 9 nitrogen and oxygen atoms in total. The number of likely N-dealkylation sites (tertiary alicyclic amines) is 1. The van der Waals surface area contributed by atoms with Crippen molar-refractivity contribution in [3.63, 3.8) is 0 Å². The zero-order valence-corrected chi connectivity index (χ0v) is 21.9. The molecule has 3 heterocycles. The minimum atomic E-state index is -1.04. The van der Waals surface area contributed by atoms with E-state index < -0.39 is 38.8 Å². The maximum atomic E-state index is 13.7. The Morgan fingerprint density at radius 2 is 1.95 bits per heavy atom. The maximum absolute atomic E-state index is 13.7. The van der Waals surface area contributed by atoms with E-state index in [0.29, 0.717) is 46.9 Å². The van der Waals surface area contributed by atoms with Crippen molar-refractivity contribution < 1.29 is 43.0 Å². The van der Waals surface area contributed by atoms with Crippen molar-refractivity contribution in [2.24, 2.45) is 0 Å². The molecule has 2 aromatic heterocycles. The molecule has 37 heavy (non-hydrogen) atoms. The summed E-state index contributed by atoms with van der Waals surface area (Å²) in [6.07, 6.45) is 2.51. The molecule has 1 saturated heterocycles. The van der Waals surface area contributed by atoms with E-state index in [4.69, 9.17) is 7.80 Å². The molecule has 1 aliphatic heterocycles. The number of rotatable bonds is 8. The van der Waals surface area contributed by atoms with Gasteiger partial charge < -0.3 is 4.98 Å². The van der Waals surface area contributed by atoms with E-state index in [0.717, 1.165) is 18.6 Å². The van der Waals surface area contributed by atoms with Crippen LogP contribution in [0, 0.1) is 11.6 Å². The van der Waals surface area contributed by atoms with Crippen molar-refractivity contribution >= 4 is 16.8 Å². The molecular formula is C25H23F2IN5O4-. The van der Waals surface area contributed by atoms with Gasteiger partial charge in [-0.2, -0.15) is 0 Å². The van der Waals surface area contributed by atoms with Gasteiger partial charge in [-0.1, -0.05) is 0 Å². The molecule has 0 bridgehead atoms. The van der Waals surface area contributed by atoms with Crippen LogP contribution in [0.3, 0.4) is 0 Å². The molecule has 0 spiro atoms. The van der Waals surface area contributed by atoms with Gasteiger partial charge in [0.15, 0.2) is 11.6 Å². The van der Waals surface area contributed by atoms with Gasteiger partial charge in [0.25, 0.3) is 5.56 Å². The van der Waals surface area contributed by atoms with E-state index in [9.17, 15) is 18.4 Å². The minimum absolute atomic E-state index is 0.0272. The number of pyridine rings is 1. The first-order valence-electron chi connectivity index (χ1n) is 11.5. The molecule has 1 amide bonds. The van der Waals surface area contributed by atoms with E-state index in [2.05, 4.69) is 15.3 Å². The average Bonchev–Trinajstić information content (AvgIpc) is 3.57. The van der Waals surface area contributed by atoms with Crippen LogP contribution in [-0.2, 0) is 7.80 Å². The van der Waals surface area contributed by atoms with Gasteiger partial charge in [0, 0.05) is 11.5 Å². The standard InChI is InChI=1S/C25H23F2IN5O4/c1-36-8-9-37-28-17-6-7-32(13-17)25(35)15-2-4-18(5-3-15)33-14-23(30-31-33)19-10-16-11-20(26)21(27)12-22(16)29-24(19)34/h2-5,10-12,14,17H,6-9,13H2,1H3,(H,29,34)/q-1/t17-/m0/s1. The number of hydrogen-bond donors (Lipinski definition) is 1. The molecule has 0 saturated carbocycles. The number of amides is 1. The number of hydrogen-bond acceptors (Lipinski definition) is 6. The van der Waals surface area contributed by atoms with Gasteiger partial charge in [-0.3, -0.25) is 4.79 Å². The Labute approximate surface area is 221 Å². The van der Waals surface area contributed by atoms with Crippen LogP contribution < -0.4 is 27.2 Å². The first-order valence-corrected chi connectivity index (χ1v) is 13.6. The average molecular weight is 622 g/mol. The number of fused-ring (bicyclic) bond motifs is 1. The number of carbonyl (C=O) groups is 1. The predicted molar refractivity (Wildman–Crippen MR) is 127 cm³/mol. The van der Waals surface area contributed by atoms with Crippen LogP contribution in [0.2, 0.25) is 0 Å². The Morgan fingerprint density at radius 1 is 1.16 bits per heavy atom. The number of ether oxygens (including phenoxy) is 1. The summed E-state index contributed by atoms with van der Waals surface area (Å²) < 4.78 is 39.7. The summed E-state index contributed by atoms with van der Waals surface area (Å²) >= 11 is -0.436. The van der Waals surface area contributed by atoms with E-state index in [1.807, 2.05) is 4.90 Å². The zero-order valence-electron chi connectivity index (χ0n) is 19.8. The quantitative estimate of drug-likeness (QED) is 0.168. The molecule has 0 radical (unpaired) electrons. The number of halogens is 3. The Kier molecular flexibility index (Phi) is 7.58. The fourth-order valence-corrected chi connectivity index (χ4v) is 6.18. The summed E-state index contributed by atoms with van der Waals surface area (Å²) in [6.45, 7) is 2.58. The Balaban J connectivity index is 1.28. The van der Waals surface area contributed by atoms with E-state index in [-0.39, 0.29) is 22.7 Å². The molecule has 0 unspecified atom stereocenters. The van der Waals surface area contributed by atoms with E-state index in [1.165, 1.54) is 10.7 Å². The fourth-order valence-electron chi connectivity index (χ4n) is 4.07. The fraction of sp³-hybridized carbons (Fsp3) is 0.280. The first kappa shape index (κ1) is 25.4. The number of carbonyl (C=O) groups excluding carboxylic acids is 1. The topological polar surface area (TPSA) is 102 Å². The number of nitrogens with one attached hydrogen (secondary N) is 1.